The molecule has 1 unspecified atom stereocenters. The van der Waals surface area contributed by atoms with Gasteiger partial charge in [0, 0.05) is 9.61 Å². The van der Waals surface area contributed by atoms with Crippen LogP contribution < -0.4 is 5.32 Å². The molecule has 0 saturated heterocycles. The minimum atomic E-state index is 0.185. The van der Waals surface area contributed by atoms with Gasteiger partial charge in [0.25, 0.3) is 0 Å². The molecule has 0 aliphatic heterocycles. The molecular formula is C12H17ClIN. The van der Waals surface area contributed by atoms with E-state index < -0.39 is 0 Å². The first-order valence-corrected chi connectivity index (χ1v) is 6.44. The summed E-state index contributed by atoms with van der Waals surface area (Å²) in [5, 5.41) is 4.17. The fourth-order valence-electron chi connectivity index (χ4n) is 1.79. The summed E-state index contributed by atoms with van der Waals surface area (Å²) in [5.74, 6) is 0. The molecule has 0 amide bonds. The molecule has 0 heterocycles. The van der Waals surface area contributed by atoms with Gasteiger partial charge in [-0.25, -0.2) is 0 Å². The summed E-state index contributed by atoms with van der Waals surface area (Å²) in [4.78, 5) is 0. The highest BCUT2D eigenvalue weighted by atomic mass is 127. The molecular weight excluding hydrogens is 320 g/mol. The Kier molecular flexibility index (Phi) is 4.44. The molecule has 15 heavy (non-hydrogen) atoms. The van der Waals surface area contributed by atoms with Crippen molar-refractivity contribution in [2.24, 2.45) is 5.41 Å². The second-order valence-electron chi connectivity index (χ2n) is 4.76. The Morgan fingerprint density at radius 1 is 1.33 bits per heavy atom. The zero-order chi connectivity index (χ0) is 11.6. The summed E-state index contributed by atoms with van der Waals surface area (Å²) in [5.41, 5.74) is 1.43. The van der Waals surface area contributed by atoms with Gasteiger partial charge < -0.3 is 5.32 Å². The number of halogens is 2. The van der Waals surface area contributed by atoms with Gasteiger partial charge in [-0.3, -0.25) is 0 Å². The molecule has 1 aromatic rings. The largest absolute Gasteiger partial charge is 0.313 e. The van der Waals surface area contributed by atoms with Crippen molar-refractivity contribution in [2.45, 2.75) is 26.8 Å². The summed E-state index contributed by atoms with van der Waals surface area (Å²) >= 11 is 8.37. The molecule has 0 aliphatic rings. The summed E-state index contributed by atoms with van der Waals surface area (Å²) in [6.07, 6.45) is 0. The van der Waals surface area contributed by atoms with Gasteiger partial charge in [0.05, 0.1) is 5.02 Å². The van der Waals surface area contributed by atoms with Crippen molar-refractivity contribution in [1.29, 1.82) is 0 Å². The van der Waals surface area contributed by atoms with E-state index in [0.717, 1.165) is 8.59 Å². The third kappa shape index (κ3) is 3.33. The fourth-order valence-corrected chi connectivity index (χ4v) is 2.32. The van der Waals surface area contributed by atoms with Crippen molar-refractivity contribution in [3.8, 4) is 0 Å². The minimum Gasteiger partial charge on any atom is -0.313 e. The van der Waals surface area contributed by atoms with Crippen molar-refractivity contribution in [2.75, 3.05) is 7.05 Å². The van der Waals surface area contributed by atoms with Crippen LogP contribution in [-0.4, -0.2) is 7.05 Å². The second-order valence-corrected chi connectivity index (χ2v) is 6.33. The predicted molar refractivity (Wildman–Crippen MR) is 75.4 cm³/mol. The van der Waals surface area contributed by atoms with Crippen LogP contribution in [0.25, 0.3) is 0 Å². The maximum absolute atomic E-state index is 6.13. The van der Waals surface area contributed by atoms with Crippen molar-refractivity contribution in [1.82, 2.24) is 5.32 Å². The van der Waals surface area contributed by atoms with Crippen LogP contribution in [-0.2, 0) is 0 Å². The maximum atomic E-state index is 6.13. The van der Waals surface area contributed by atoms with Gasteiger partial charge in [0.2, 0.25) is 0 Å². The summed E-state index contributed by atoms with van der Waals surface area (Å²) in [7, 11) is 1.99. The molecule has 0 saturated carbocycles. The van der Waals surface area contributed by atoms with Gasteiger partial charge in [0.1, 0.15) is 0 Å². The average Bonchev–Trinajstić information content (AvgIpc) is 2.10. The molecule has 84 valence electrons. The molecule has 0 fully saturated rings. The van der Waals surface area contributed by atoms with Crippen LogP contribution in [0.4, 0.5) is 0 Å². The first-order chi connectivity index (χ1) is 6.86. The van der Waals surface area contributed by atoms with Crippen LogP contribution in [0, 0.1) is 8.99 Å². The maximum Gasteiger partial charge on any atom is 0.0542 e. The van der Waals surface area contributed by atoms with E-state index in [1.807, 2.05) is 7.05 Å². The van der Waals surface area contributed by atoms with Crippen molar-refractivity contribution < 1.29 is 0 Å². The van der Waals surface area contributed by atoms with E-state index in [0.29, 0.717) is 6.04 Å². The zero-order valence-corrected chi connectivity index (χ0v) is 12.5. The number of hydrogen-bond donors (Lipinski definition) is 1. The Bertz CT molecular complexity index is 344. The number of hydrogen-bond acceptors (Lipinski definition) is 1. The molecule has 1 rings (SSSR count). The van der Waals surface area contributed by atoms with Crippen LogP contribution in [0.3, 0.4) is 0 Å². The Balaban J connectivity index is 3.08. The predicted octanol–water partition coefficient (Wildman–Crippen LogP) is 4.25. The SMILES string of the molecule is CNC(c1ccc(I)c(Cl)c1)C(C)(C)C. The smallest absolute Gasteiger partial charge is 0.0542 e. The number of benzene rings is 1. The minimum absolute atomic E-state index is 0.185. The average molecular weight is 338 g/mol. The lowest BCUT2D eigenvalue weighted by Gasteiger charge is -2.31. The van der Waals surface area contributed by atoms with Gasteiger partial charge in [-0.2, -0.15) is 0 Å². The Labute approximate surface area is 111 Å². The molecule has 0 aromatic heterocycles. The highest BCUT2D eigenvalue weighted by Gasteiger charge is 2.24. The van der Waals surface area contributed by atoms with Crippen molar-refractivity contribution >= 4 is 34.2 Å². The highest BCUT2D eigenvalue weighted by molar-refractivity contribution is 14.1. The van der Waals surface area contributed by atoms with Gasteiger partial charge in [-0.1, -0.05) is 38.4 Å². The van der Waals surface area contributed by atoms with E-state index in [2.05, 4.69) is 66.9 Å². The third-order valence-corrected chi connectivity index (χ3v) is 4.00. The molecule has 1 aromatic carbocycles. The fraction of sp³-hybridized carbons (Fsp3) is 0.500. The van der Waals surface area contributed by atoms with E-state index >= 15 is 0 Å². The quantitative estimate of drug-likeness (QED) is 0.796. The Morgan fingerprint density at radius 2 is 1.93 bits per heavy atom. The monoisotopic (exact) mass is 337 g/mol. The summed E-state index contributed by atoms with van der Waals surface area (Å²) < 4.78 is 1.10. The normalized spacial score (nSPS) is 14.0. The van der Waals surface area contributed by atoms with Gasteiger partial charge >= 0.3 is 0 Å². The Hall–Kier alpha value is 0.200. The highest BCUT2D eigenvalue weighted by Crippen LogP contribution is 2.34. The van der Waals surface area contributed by atoms with Crippen LogP contribution in [0.1, 0.15) is 32.4 Å². The van der Waals surface area contributed by atoms with Crippen LogP contribution in [0.5, 0.6) is 0 Å². The van der Waals surface area contributed by atoms with E-state index in [9.17, 15) is 0 Å². The topological polar surface area (TPSA) is 12.0 Å². The number of nitrogens with one attached hydrogen (secondary N) is 1. The first kappa shape index (κ1) is 13.3. The summed E-state index contributed by atoms with van der Waals surface area (Å²) in [6, 6.07) is 6.58. The summed E-state index contributed by atoms with van der Waals surface area (Å²) in [6.45, 7) is 6.67. The standard InChI is InChI=1S/C12H17ClIN/c1-12(2,3)11(15-4)8-5-6-10(14)9(13)7-8/h5-7,11,15H,1-4H3. The van der Waals surface area contributed by atoms with Crippen molar-refractivity contribution in [3.63, 3.8) is 0 Å². The molecule has 0 bridgehead atoms. The van der Waals surface area contributed by atoms with Gasteiger partial charge in [-0.15, -0.1) is 0 Å². The van der Waals surface area contributed by atoms with E-state index in [1.54, 1.807) is 0 Å². The zero-order valence-electron chi connectivity index (χ0n) is 9.57. The molecule has 0 aliphatic carbocycles. The second kappa shape index (κ2) is 5.02. The van der Waals surface area contributed by atoms with Crippen LogP contribution in [0.2, 0.25) is 5.02 Å². The molecule has 1 atom stereocenters. The van der Waals surface area contributed by atoms with Gasteiger partial charge in [0.15, 0.2) is 0 Å². The molecule has 1 nitrogen and oxygen atoms in total. The first-order valence-electron chi connectivity index (χ1n) is 4.98. The van der Waals surface area contributed by atoms with Crippen molar-refractivity contribution in [3.05, 3.63) is 32.4 Å². The third-order valence-electron chi connectivity index (χ3n) is 2.43. The lowest BCUT2D eigenvalue weighted by atomic mass is 9.82. The van der Waals surface area contributed by atoms with Gasteiger partial charge in [-0.05, 0) is 52.7 Å². The van der Waals surface area contributed by atoms with E-state index in [1.165, 1.54) is 5.56 Å². The van der Waals surface area contributed by atoms with E-state index in [4.69, 9.17) is 11.6 Å². The molecule has 0 spiro atoms. The van der Waals surface area contributed by atoms with E-state index in [-0.39, 0.29) is 5.41 Å². The lowest BCUT2D eigenvalue weighted by Crippen LogP contribution is -2.29. The van der Waals surface area contributed by atoms with Crippen LogP contribution in [0.15, 0.2) is 18.2 Å². The molecule has 1 N–H and O–H groups in total. The molecule has 3 heteroatoms. The number of rotatable bonds is 2. The Morgan fingerprint density at radius 3 is 2.33 bits per heavy atom. The lowest BCUT2D eigenvalue weighted by molar-refractivity contribution is 0.287. The molecule has 0 radical (unpaired) electrons. The van der Waals surface area contributed by atoms with Crippen LogP contribution >= 0.6 is 34.2 Å².